The maximum absolute atomic E-state index is 12.2. The van der Waals surface area contributed by atoms with Gasteiger partial charge in [-0.2, -0.15) is 0 Å². The number of hydrogen-bond acceptors (Lipinski definition) is 5. The zero-order valence-corrected chi connectivity index (χ0v) is 17.4. The highest BCUT2D eigenvalue weighted by Crippen LogP contribution is 2.66. The van der Waals surface area contributed by atoms with E-state index in [-0.39, 0.29) is 22.9 Å². The van der Waals surface area contributed by atoms with Crippen LogP contribution in [-0.2, 0) is 14.3 Å². The fraction of sp³-hybridized carbons (Fsp3) is 0.826. The summed E-state index contributed by atoms with van der Waals surface area (Å²) in [4.78, 5) is 23.9. The fourth-order valence-electron chi connectivity index (χ4n) is 7.63. The summed E-state index contributed by atoms with van der Waals surface area (Å²) in [5, 5.41) is 9.23. The molecule has 5 nitrogen and oxygen atoms in total. The van der Waals surface area contributed by atoms with Gasteiger partial charge in [-0.25, -0.2) is 4.79 Å². The van der Waals surface area contributed by atoms with Crippen molar-refractivity contribution in [3.05, 3.63) is 11.6 Å². The monoisotopic (exact) mass is 389 g/mol. The lowest BCUT2D eigenvalue weighted by molar-refractivity contribution is -0.161. The van der Waals surface area contributed by atoms with Gasteiger partial charge in [0, 0.05) is 12.3 Å². The van der Waals surface area contributed by atoms with E-state index in [1.165, 1.54) is 18.4 Å². The van der Waals surface area contributed by atoms with Crippen molar-refractivity contribution in [2.24, 2.45) is 40.2 Å². The quantitative estimate of drug-likeness (QED) is 0.439. The molecule has 0 saturated heterocycles. The minimum absolute atomic E-state index is 0.169. The first-order valence-corrected chi connectivity index (χ1v) is 11.0. The highest BCUT2D eigenvalue weighted by Gasteiger charge is 2.59. The Kier molecular flexibility index (Phi) is 4.98. The molecule has 0 heterocycles. The molecule has 4 rings (SSSR count). The van der Waals surface area contributed by atoms with Crippen molar-refractivity contribution in [2.75, 3.05) is 0 Å². The lowest BCUT2D eigenvalue weighted by atomic mass is 9.47. The highest BCUT2D eigenvalue weighted by molar-refractivity contribution is 5.79. The molecule has 3 saturated carbocycles. The number of carbonyl (C=O) groups is 2. The van der Waals surface area contributed by atoms with Crippen molar-refractivity contribution in [3.8, 4) is 0 Å². The topological polar surface area (TPSA) is 89.6 Å². The van der Waals surface area contributed by atoms with Crippen LogP contribution in [-0.4, -0.2) is 29.2 Å². The lowest BCUT2D eigenvalue weighted by Crippen LogP contribution is -2.51. The van der Waals surface area contributed by atoms with Crippen LogP contribution >= 0.6 is 0 Å². The molecular weight excluding hydrogens is 354 g/mol. The van der Waals surface area contributed by atoms with E-state index in [0.717, 1.165) is 38.5 Å². The van der Waals surface area contributed by atoms with Crippen molar-refractivity contribution in [1.82, 2.24) is 0 Å². The summed E-state index contributed by atoms with van der Waals surface area (Å²) in [7, 11) is 0. The van der Waals surface area contributed by atoms with Crippen LogP contribution in [0, 0.1) is 34.5 Å². The van der Waals surface area contributed by atoms with Crippen molar-refractivity contribution in [1.29, 1.82) is 0 Å². The van der Waals surface area contributed by atoms with Gasteiger partial charge in [0.1, 0.15) is 11.9 Å². The van der Waals surface area contributed by atoms with Gasteiger partial charge < -0.3 is 9.84 Å². The molecule has 0 amide bonds. The van der Waals surface area contributed by atoms with E-state index in [9.17, 15) is 14.7 Å². The number of Topliss-reactive ketones (excluding diaryl/α,β-unsaturated/α-hetero) is 1. The molecule has 28 heavy (non-hydrogen) atoms. The standard InChI is InChI=1S/C23H35NO4/c1-13(25)17-6-7-18-16-5-4-14-12-15(28-21(27)20(24)26)8-10-22(14,2)19(16)9-11-23(17,18)3/h4,15-20,26H,5-12,24H2,1-3H3/t15-,16-,17+,18-,19-,20?,22-,23+/m0/s1. The van der Waals surface area contributed by atoms with E-state index in [2.05, 4.69) is 19.9 Å². The van der Waals surface area contributed by atoms with Crippen molar-refractivity contribution in [2.45, 2.75) is 84.5 Å². The van der Waals surface area contributed by atoms with Gasteiger partial charge >= 0.3 is 5.97 Å². The average molecular weight is 390 g/mol. The number of hydrogen-bond donors (Lipinski definition) is 2. The van der Waals surface area contributed by atoms with Crippen LogP contribution < -0.4 is 5.73 Å². The number of allylic oxidation sites excluding steroid dienone is 1. The van der Waals surface area contributed by atoms with Gasteiger partial charge in [0.25, 0.3) is 0 Å². The zero-order chi connectivity index (χ0) is 20.3. The summed E-state index contributed by atoms with van der Waals surface area (Å²) in [6.45, 7) is 6.57. The third-order valence-corrected chi connectivity index (χ3v) is 9.07. The molecular formula is C23H35NO4. The van der Waals surface area contributed by atoms with E-state index in [1.54, 1.807) is 6.92 Å². The number of esters is 1. The van der Waals surface area contributed by atoms with E-state index in [4.69, 9.17) is 10.5 Å². The Morgan fingerprint density at radius 1 is 1.18 bits per heavy atom. The minimum Gasteiger partial charge on any atom is -0.459 e. The van der Waals surface area contributed by atoms with Crippen LogP contribution in [0.3, 0.4) is 0 Å². The SMILES string of the molecule is CC(=O)[C@H]1CC[C@H]2[C@@H]3CC=C4C[C@@H](OC(=O)C(N)O)CC[C@]4(C)[C@H]3CC[C@]12C. The second kappa shape index (κ2) is 6.94. The number of aliphatic hydroxyl groups is 1. The first kappa shape index (κ1) is 20.1. The van der Waals surface area contributed by atoms with Gasteiger partial charge in [-0.15, -0.1) is 0 Å². The molecule has 8 atom stereocenters. The van der Waals surface area contributed by atoms with Gasteiger partial charge in [0.15, 0.2) is 0 Å². The first-order valence-electron chi connectivity index (χ1n) is 11.0. The summed E-state index contributed by atoms with van der Waals surface area (Å²) < 4.78 is 5.42. The fourth-order valence-corrected chi connectivity index (χ4v) is 7.63. The second-order valence-corrected chi connectivity index (χ2v) is 10.3. The third kappa shape index (κ3) is 2.97. The molecule has 5 heteroatoms. The maximum Gasteiger partial charge on any atom is 0.350 e. The van der Waals surface area contributed by atoms with Crippen LogP contribution in [0.5, 0.6) is 0 Å². The Balaban J connectivity index is 1.54. The molecule has 0 bridgehead atoms. The highest BCUT2D eigenvalue weighted by atomic mass is 16.6. The Hall–Kier alpha value is -1.20. The largest absolute Gasteiger partial charge is 0.459 e. The van der Waals surface area contributed by atoms with Crippen molar-refractivity contribution < 1.29 is 19.4 Å². The van der Waals surface area contributed by atoms with Crippen LogP contribution in [0.1, 0.15) is 72.1 Å². The Bertz CT molecular complexity index is 701. The van der Waals surface area contributed by atoms with Crippen molar-refractivity contribution >= 4 is 11.8 Å². The number of ether oxygens (including phenoxy) is 1. The minimum atomic E-state index is -1.55. The molecule has 1 unspecified atom stereocenters. The molecule has 4 aliphatic rings. The summed E-state index contributed by atoms with van der Waals surface area (Å²) >= 11 is 0. The maximum atomic E-state index is 12.2. The Morgan fingerprint density at radius 3 is 2.61 bits per heavy atom. The lowest BCUT2D eigenvalue weighted by Gasteiger charge is -2.58. The molecule has 0 aliphatic heterocycles. The van der Waals surface area contributed by atoms with Crippen molar-refractivity contribution in [3.63, 3.8) is 0 Å². The molecule has 0 aromatic carbocycles. The summed E-state index contributed by atoms with van der Waals surface area (Å²) in [5.74, 6) is 1.88. The van der Waals surface area contributed by atoms with Crippen LogP contribution in [0.2, 0.25) is 0 Å². The molecule has 0 radical (unpaired) electrons. The van der Waals surface area contributed by atoms with E-state index >= 15 is 0 Å². The number of ketones is 1. The average Bonchev–Trinajstić information content (AvgIpc) is 2.99. The zero-order valence-electron chi connectivity index (χ0n) is 17.4. The first-order chi connectivity index (χ1) is 13.2. The van der Waals surface area contributed by atoms with Gasteiger partial charge in [-0.1, -0.05) is 25.5 Å². The smallest absolute Gasteiger partial charge is 0.350 e. The van der Waals surface area contributed by atoms with E-state index in [1.807, 2.05) is 0 Å². The molecule has 0 aromatic rings. The van der Waals surface area contributed by atoms with Gasteiger partial charge in [0.05, 0.1) is 0 Å². The third-order valence-electron chi connectivity index (χ3n) is 9.07. The Labute approximate surface area is 168 Å². The molecule has 3 N–H and O–H groups in total. The van der Waals surface area contributed by atoms with Gasteiger partial charge in [-0.05, 0) is 80.5 Å². The predicted octanol–water partition coefficient (Wildman–Crippen LogP) is 3.34. The molecule has 4 aliphatic carbocycles. The van der Waals surface area contributed by atoms with Gasteiger partial charge in [-0.3, -0.25) is 10.5 Å². The summed E-state index contributed by atoms with van der Waals surface area (Å²) in [6.07, 6.45) is 8.97. The molecule has 0 aromatic heterocycles. The van der Waals surface area contributed by atoms with Gasteiger partial charge in [0.2, 0.25) is 6.23 Å². The number of nitrogens with two attached hydrogens (primary N) is 1. The van der Waals surface area contributed by atoms with E-state index in [0.29, 0.717) is 23.5 Å². The number of aliphatic hydroxyl groups excluding tert-OH is 1. The predicted molar refractivity (Wildman–Crippen MR) is 106 cm³/mol. The Morgan fingerprint density at radius 2 is 1.93 bits per heavy atom. The number of rotatable bonds is 3. The van der Waals surface area contributed by atoms with Crippen LogP contribution in [0.15, 0.2) is 11.6 Å². The molecule has 156 valence electrons. The number of fused-ring (bicyclic) bond motifs is 5. The normalized spacial score (nSPS) is 45.9. The summed E-state index contributed by atoms with van der Waals surface area (Å²) in [6, 6.07) is 0. The molecule has 3 fully saturated rings. The van der Waals surface area contributed by atoms with Crippen LogP contribution in [0.4, 0.5) is 0 Å². The number of carbonyl (C=O) groups excluding carboxylic acids is 2. The van der Waals surface area contributed by atoms with Crippen LogP contribution in [0.25, 0.3) is 0 Å². The summed E-state index contributed by atoms with van der Waals surface area (Å²) in [5.41, 5.74) is 7.01. The molecule has 0 spiro atoms. The second-order valence-electron chi connectivity index (χ2n) is 10.3. The van der Waals surface area contributed by atoms with E-state index < -0.39 is 12.2 Å².